The molecule has 0 atom stereocenters. The monoisotopic (exact) mass is 453 g/mol. The molecule has 0 saturated heterocycles. The van der Waals surface area contributed by atoms with E-state index in [1.54, 1.807) is 39.4 Å². The number of rotatable bonds is 10. The summed E-state index contributed by atoms with van der Waals surface area (Å²) in [5.41, 5.74) is 1.22. The molecule has 1 aromatic rings. The molecular formula is C15H20INO5S. The van der Waals surface area contributed by atoms with Gasteiger partial charge in [0.15, 0.2) is 0 Å². The van der Waals surface area contributed by atoms with Crippen LogP contribution in [0.3, 0.4) is 0 Å². The second kappa shape index (κ2) is 11.7. The van der Waals surface area contributed by atoms with Crippen molar-refractivity contribution in [2.45, 2.75) is 26.3 Å². The van der Waals surface area contributed by atoms with Gasteiger partial charge in [0.1, 0.15) is 29.6 Å². The first kappa shape index (κ1) is 20.2. The van der Waals surface area contributed by atoms with Crippen LogP contribution in [0.1, 0.15) is 35.7 Å². The third-order valence-corrected chi connectivity index (χ3v) is 3.98. The van der Waals surface area contributed by atoms with Crippen molar-refractivity contribution in [1.29, 1.82) is 0 Å². The van der Waals surface area contributed by atoms with E-state index in [0.717, 1.165) is 30.6 Å². The molecule has 0 aliphatic heterocycles. The quantitative estimate of drug-likeness (QED) is 0.177. The lowest BCUT2D eigenvalue weighted by atomic mass is 10.1. The fourth-order valence-corrected chi connectivity index (χ4v) is 2.94. The van der Waals surface area contributed by atoms with Crippen molar-refractivity contribution in [3.63, 3.8) is 0 Å². The number of carbonyl (C=O) groups excluding carboxylic acids is 2. The number of unbranched alkanes of at least 4 members (excludes halogenated alkanes) is 1. The summed E-state index contributed by atoms with van der Waals surface area (Å²) >= 11 is 2.77. The summed E-state index contributed by atoms with van der Waals surface area (Å²) in [7, 11) is 1.34. The van der Waals surface area contributed by atoms with Gasteiger partial charge < -0.3 is 9.47 Å². The molecule has 1 aromatic carbocycles. The Morgan fingerprint density at radius 1 is 1.30 bits per heavy atom. The van der Waals surface area contributed by atoms with Crippen LogP contribution in [-0.4, -0.2) is 36.5 Å². The first-order valence-corrected chi connectivity index (χ1v) is 8.72. The summed E-state index contributed by atoms with van der Waals surface area (Å²) in [6, 6.07) is 7.10. The number of ether oxygens (including phenoxy) is 2. The van der Waals surface area contributed by atoms with Crippen LogP contribution in [0.15, 0.2) is 24.3 Å². The lowest BCUT2D eigenvalue weighted by Crippen LogP contribution is -2.26. The Bertz CT molecular complexity index is 514. The van der Waals surface area contributed by atoms with Crippen molar-refractivity contribution >= 4 is 47.2 Å². The molecule has 128 valence electrons. The topological polar surface area (TPSA) is 65.1 Å². The largest absolute Gasteiger partial charge is 0.465 e. The zero-order chi connectivity index (χ0) is 17.1. The van der Waals surface area contributed by atoms with Crippen molar-refractivity contribution in [1.82, 2.24) is 4.31 Å². The molecule has 0 amide bonds. The van der Waals surface area contributed by atoms with Crippen LogP contribution in [0.4, 0.5) is 0 Å². The molecule has 0 unspecified atom stereocenters. The van der Waals surface area contributed by atoms with E-state index in [9.17, 15) is 9.59 Å². The van der Waals surface area contributed by atoms with Gasteiger partial charge in [-0.25, -0.2) is 11.6 Å². The number of methoxy groups -OCH3 is 1. The first-order chi connectivity index (χ1) is 11.1. The molecular weight excluding hydrogens is 433 g/mol. The Morgan fingerprint density at radius 3 is 2.70 bits per heavy atom. The molecule has 0 saturated carbocycles. The average Bonchev–Trinajstić information content (AvgIpc) is 2.55. The van der Waals surface area contributed by atoms with E-state index in [1.807, 2.05) is 19.1 Å². The highest BCUT2D eigenvalue weighted by atomic mass is 127. The van der Waals surface area contributed by atoms with Crippen molar-refractivity contribution in [3.8, 4) is 0 Å². The van der Waals surface area contributed by atoms with Gasteiger partial charge in [0.05, 0.1) is 31.5 Å². The van der Waals surface area contributed by atoms with Crippen LogP contribution in [-0.2, 0) is 23.3 Å². The van der Waals surface area contributed by atoms with Crippen LogP contribution >= 0.6 is 35.2 Å². The maximum atomic E-state index is 11.8. The number of carbonyl (C=O) groups is 2. The predicted octanol–water partition coefficient (Wildman–Crippen LogP) is 3.55. The standard InChI is InChI=1S/C15H20INO5S/c1-3-4-9-21-14(18)11-17(23-22-16)10-12-7-5-6-8-13(12)15(19)20-2/h5-8H,3-4,9-11H2,1-2H3. The van der Waals surface area contributed by atoms with E-state index in [0.29, 0.717) is 18.7 Å². The zero-order valence-electron chi connectivity index (χ0n) is 13.1. The van der Waals surface area contributed by atoms with E-state index in [4.69, 9.17) is 12.0 Å². The number of hydrogen-bond donors (Lipinski definition) is 0. The molecule has 0 heterocycles. The van der Waals surface area contributed by atoms with E-state index in [1.165, 1.54) is 7.11 Å². The summed E-state index contributed by atoms with van der Waals surface area (Å²) in [5.74, 6) is -0.735. The SMILES string of the molecule is CCCCOC(=O)CN(Cc1ccccc1C(=O)OC)SOI. The third-order valence-electron chi connectivity index (χ3n) is 2.97. The molecule has 0 bridgehead atoms. The van der Waals surface area contributed by atoms with Crippen molar-refractivity contribution in [2.75, 3.05) is 20.3 Å². The Hall–Kier alpha value is -0.840. The van der Waals surface area contributed by atoms with Crippen molar-refractivity contribution < 1.29 is 21.6 Å². The Balaban J connectivity index is 2.72. The zero-order valence-corrected chi connectivity index (χ0v) is 16.1. The first-order valence-electron chi connectivity index (χ1n) is 7.14. The molecule has 0 N–H and O–H groups in total. The normalized spacial score (nSPS) is 10.6. The maximum Gasteiger partial charge on any atom is 0.338 e. The van der Waals surface area contributed by atoms with Crippen LogP contribution in [0.5, 0.6) is 0 Å². The summed E-state index contributed by atoms with van der Waals surface area (Å²) in [4.78, 5) is 23.6. The van der Waals surface area contributed by atoms with Gasteiger partial charge in [-0.3, -0.25) is 4.79 Å². The molecule has 0 aromatic heterocycles. The van der Waals surface area contributed by atoms with Crippen LogP contribution < -0.4 is 0 Å². The van der Waals surface area contributed by atoms with E-state index < -0.39 is 5.97 Å². The van der Waals surface area contributed by atoms with Crippen LogP contribution in [0.25, 0.3) is 0 Å². The third kappa shape index (κ3) is 7.51. The lowest BCUT2D eigenvalue weighted by molar-refractivity contribution is -0.143. The van der Waals surface area contributed by atoms with Gasteiger partial charge in [-0.1, -0.05) is 31.5 Å². The van der Waals surface area contributed by atoms with Crippen LogP contribution in [0.2, 0.25) is 0 Å². The summed E-state index contributed by atoms with van der Waals surface area (Å²) in [6.07, 6.45) is 1.81. The molecule has 6 nitrogen and oxygen atoms in total. The van der Waals surface area contributed by atoms with Crippen molar-refractivity contribution in [3.05, 3.63) is 35.4 Å². The molecule has 0 aliphatic rings. The highest BCUT2D eigenvalue weighted by Gasteiger charge is 2.18. The Kier molecular flexibility index (Phi) is 10.2. The Labute approximate surface area is 154 Å². The van der Waals surface area contributed by atoms with Gasteiger partial charge in [0.25, 0.3) is 0 Å². The van der Waals surface area contributed by atoms with Gasteiger partial charge in [0, 0.05) is 6.54 Å². The summed E-state index contributed by atoms with van der Waals surface area (Å²) < 4.78 is 16.6. The minimum atomic E-state index is -0.411. The second-order valence-electron chi connectivity index (χ2n) is 4.66. The number of nitrogens with zero attached hydrogens (tertiary/aromatic N) is 1. The van der Waals surface area contributed by atoms with Gasteiger partial charge in [-0.2, -0.15) is 0 Å². The molecule has 23 heavy (non-hydrogen) atoms. The average molecular weight is 453 g/mol. The van der Waals surface area contributed by atoms with Crippen LogP contribution in [0, 0.1) is 0 Å². The Morgan fingerprint density at radius 2 is 2.04 bits per heavy atom. The second-order valence-corrected chi connectivity index (χ2v) is 6.53. The highest BCUT2D eigenvalue weighted by Crippen LogP contribution is 2.21. The van der Waals surface area contributed by atoms with E-state index in [-0.39, 0.29) is 12.5 Å². The maximum absolute atomic E-state index is 11.8. The van der Waals surface area contributed by atoms with Gasteiger partial charge in [-0.15, -0.1) is 0 Å². The molecule has 0 aliphatic carbocycles. The fourth-order valence-electron chi connectivity index (χ4n) is 1.83. The predicted molar refractivity (Wildman–Crippen MR) is 96.8 cm³/mol. The minimum absolute atomic E-state index is 0.0624. The molecule has 1 rings (SSSR count). The van der Waals surface area contributed by atoms with Gasteiger partial charge in [0.2, 0.25) is 0 Å². The lowest BCUT2D eigenvalue weighted by Gasteiger charge is -2.19. The molecule has 0 spiro atoms. The van der Waals surface area contributed by atoms with Crippen molar-refractivity contribution in [2.24, 2.45) is 0 Å². The summed E-state index contributed by atoms with van der Waals surface area (Å²) in [5, 5.41) is 0. The summed E-state index contributed by atoms with van der Waals surface area (Å²) in [6.45, 7) is 2.86. The minimum Gasteiger partial charge on any atom is -0.465 e. The fraction of sp³-hybridized carbons (Fsp3) is 0.467. The number of benzene rings is 1. The smallest absolute Gasteiger partial charge is 0.338 e. The van der Waals surface area contributed by atoms with Gasteiger partial charge in [-0.05, 0) is 18.1 Å². The number of hydrogen-bond acceptors (Lipinski definition) is 7. The van der Waals surface area contributed by atoms with Gasteiger partial charge >= 0.3 is 11.9 Å². The molecule has 0 fully saturated rings. The molecule has 0 radical (unpaired) electrons. The highest BCUT2D eigenvalue weighted by molar-refractivity contribution is 14.1. The van der Waals surface area contributed by atoms with E-state index in [2.05, 4.69) is 0 Å². The molecule has 8 heteroatoms. The number of halogens is 1. The van der Waals surface area contributed by atoms with E-state index >= 15 is 0 Å². The number of esters is 2.